The van der Waals surface area contributed by atoms with E-state index in [0.29, 0.717) is 0 Å². The molecule has 0 radical (unpaired) electrons. The van der Waals surface area contributed by atoms with E-state index in [0.717, 1.165) is 5.69 Å². The van der Waals surface area contributed by atoms with Crippen LogP contribution in [0.3, 0.4) is 0 Å². The molecule has 0 saturated heterocycles. The molecule has 0 amide bonds. The van der Waals surface area contributed by atoms with Crippen LogP contribution in [-0.2, 0) is 0 Å². The van der Waals surface area contributed by atoms with Gasteiger partial charge in [-0.3, -0.25) is 0 Å². The standard InChI is InChI=1S/C7H6O3.C6H7N/c8-6-4-2-1-3-5(6)7(9)10;7-6-4-2-1-3-5-6/h1-4,8H,(H,9,10);1-5H,7H2. The van der Waals surface area contributed by atoms with Gasteiger partial charge in [-0.1, -0.05) is 30.3 Å². The first-order valence-corrected chi connectivity index (χ1v) is 4.93. The second-order valence-corrected chi connectivity index (χ2v) is 3.23. The molecule has 0 atom stereocenters. The number of carbonyl (C=O) groups is 1. The van der Waals surface area contributed by atoms with E-state index in [4.69, 9.17) is 15.9 Å². The summed E-state index contributed by atoms with van der Waals surface area (Å²) in [7, 11) is 0. The van der Waals surface area contributed by atoms with Gasteiger partial charge in [-0.05, 0) is 24.3 Å². The number of carboxylic acid groups (broad SMARTS) is 1. The molecule has 0 heterocycles. The Bertz CT molecular complexity index is 483. The SMILES string of the molecule is Nc1ccccc1.O=C(O)c1ccccc1O. The van der Waals surface area contributed by atoms with E-state index < -0.39 is 5.97 Å². The van der Waals surface area contributed by atoms with Crippen molar-refractivity contribution in [3.63, 3.8) is 0 Å². The minimum atomic E-state index is -1.11. The zero-order chi connectivity index (χ0) is 12.7. The van der Waals surface area contributed by atoms with Gasteiger partial charge in [0.1, 0.15) is 11.3 Å². The Morgan fingerprint density at radius 1 is 0.941 bits per heavy atom. The van der Waals surface area contributed by atoms with Crippen LogP contribution in [0.4, 0.5) is 5.69 Å². The maximum atomic E-state index is 10.3. The molecule has 0 spiro atoms. The summed E-state index contributed by atoms with van der Waals surface area (Å²) in [6, 6.07) is 15.3. The van der Waals surface area contributed by atoms with Crippen LogP contribution in [0.5, 0.6) is 5.75 Å². The van der Waals surface area contributed by atoms with Gasteiger partial charge >= 0.3 is 5.97 Å². The van der Waals surface area contributed by atoms with Crippen LogP contribution in [-0.4, -0.2) is 16.2 Å². The molecule has 17 heavy (non-hydrogen) atoms. The average Bonchev–Trinajstić information content (AvgIpc) is 2.31. The second-order valence-electron chi connectivity index (χ2n) is 3.23. The number of anilines is 1. The largest absolute Gasteiger partial charge is 0.507 e. The average molecular weight is 231 g/mol. The van der Waals surface area contributed by atoms with E-state index in [-0.39, 0.29) is 11.3 Å². The third-order valence-electron chi connectivity index (χ3n) is 1.93. The van der Waals surface area contributed by atoms with Gasteiger partial charge in [-0.15, -0.1) is 0 Å². The van der Waals surface area contributed by atoms with Gasteiger partial charge in [0.05, 0.1) is 0 Å². The van der Waals surface area contributed by atoms with Crippen molar-refractivity contribution >= 4 is 11.7 Å². The van der Waals surface area contributed by atoms with Crippen molar-refractivity contribution < 1.29 is 15.0 Å². The Hall–Kier alpha value is -2.49. The Morgan fingerprint density at radius 3 is 1.82 bits per heavy atom. The van der Waals surface area contributed by atoms with Crippen molar-refractivity contribution in [1.29, 1.82) is 0 Å². The van der Waals surface area contributed by atoms with Crippen LogP contribution in [0.1, 0.15) is 10.4 Å². The fourth-order valence-corrected chi connectivity index (χ4v) is 1.11. The number of benzene rings is 2. The van der Waals surface area contributed by atoms with Crippen LogP contribution in [0.25, 0.3) is 0 Å². The van der Waals surface area contributed by atoms with Gasteiger partial charge in [-0.25, -0.2) is 4.79 Å². The molecule has 2 rings (SSSR count). The number of nitrogen functional groups attached to an aromatic ring is 1. The summed E-state index contributed by atoms with van der Waals surface area (Å²) in [5, 5.41) is 17.3. The number of aromatic hydroxyl groups is 1. The second kappa shape index (κ2) is 6.17. The Morgan fingerprint density at radius 2 is 1.47 bits per heavy atom. The predicted octanol–water partition coefficient (Wildman–Crippen LogP) is 2.36. The molecule has 0 aliphatic heterocycles. The maximum absolute atomic E-state index is 10.3. The molecule has 0 saturated carbocycles. The van der Waals surface area contributed by atoms with Gasteiger partial charge in [0.15, 0.2) is 0 Å². The first-order valence-electron chi connectivity index (χ1n) is 4.93. The van der Waals surface area contributed by atoms with Crippen molar-refractivity contribution in [2.75, 3.05) is 5.73 Å². The highest BCUT2D eigenvalue weighted by atomic mass is 16.4. The van der Waals surface area contributed by atoms with Crippen LogP contribution in [0, 0.1) is 0 Å². The summed E-state index contributed by atoms with van der Waals surface area (Å²) in [5.41, 5.74) is 6.11. The highest BCUT2D eigenvalue weighted by Gasteiger charge is 2.05. The van der Waals surface area contributed by atoms with E-state index in [1.165, 1.54) is 12.1 Å². The molecule has 0 unspecified atom stereocenters. The highest BCUT2D eigenvalue weighted by molar-refractivity contribution is 5.90. The fraction of sp³-hybridized carbons (Fsp3) is 0. The number of aromatic carboxylic acids is 1. The molecular weight excluding hydrogens is 218 g/mol. The zero-order valence-electron chi connectivity index (χ0n) is 9.08. The number of rotatable bonds is 1. The van der Waals surface area contributed by atoms with E-state index in [2.05, 4.69) is 0 Å². The Balaban J connectivity index is 0.000000181. The van der Waals surface area contributed by atoms with Crippen LogP contribution >= 0.6 is 0 Å². The Kier molecular flexibility index (Phi) is 4.57. The smallest absolute Gasteiger partial charge is 0.339 e. The lowest BCUT2D eigenvalue weighted by Gasteiger charge is -1.95. The summed E-state index contributed by atoms with van der Waals surface area (Å²) in [4.78, 5) is 10.3. The topological polar surface area (TPSA) is 83.6 Å². The normalized spacial score (nSPS) is 8.94. The van der Waals surface area contributed by atoms with Crippen LogP contribution < -0.4 is 5.73 Å². The lowest BCUT2D eigenvalue weighted by atomic mass is 10.2. The number of hydrogen-bond acceptors (Lipinski definition) is 3. The van der Waals surface area contributed by atoms with Crippen molar-refractivity contribution in [2.45, 2.75) is 0 Å². The molecule has 4 nitrogen and oxygen atoms in total. The van der Waals surface area contributed by atoms with Crippen molar-refractivity contribution in [3.05, 3.63) is 60.2 Å². The molecule has 2 aromatic rings. The van der Waals surface area contributed by atoms with Crippen molar-refractivity contribution in [3.8, 4) is 5.75 Å². The molecule has 0 aliphatic carbocycles. The molecule has 0 aliphatic rings. The first kappa shape index (κ1) is 12.6. The minimum absolute atomic E-state index is 0.0671. The first-order chi connectivity index (χ1) is 8.11. The third kappa shape index (κ3) is 4.25. The van der Waals surface area contributed by atoms with Gasteiger partial charge in [0, 0.05) is 5.69 Å². The van der Waals surface area contributed by atoms with E-state index in [1.807, 2.05) is 30.3 Å². The van der Waals surface area contributed by atoms with Crippen molar-refractivity contribution in [1.82, 2.24) is 0 Å². The lowest BCUT2D eigenvalue weighted by molar-refractivity contribution is 0.0694. The molecular formula is C13H13NO3. The molecule has 88 valence electrons. The third-order valence-corrected chi connectivity index (χ3v) is 1.93. The zero-order valence-corrected chi connectivity index (χ0v) is 9.08. The van der Waals surface area contributed by atoms with Crippen LogP contribution in [0.15, 0.2) is 54.6 Å². The van der Waals surface area contributed by atoms with Gasteiger partial charge < -0.3 is 15.9 Å². The summed E-state index contributed by atoms with van der Waals surface area (Å²) in [5.74, 6) is -1.31. The number of nitrogens with two attached hydrogens (primary N) is 1. The van der Waals surface area contributed by atoms with Gasteiger partial charge in [-0.2, -0.15) is 0 Å². The highest BCUT2D eigenvalue weighted by Crippen LogP contribution is 2.14. The van der Waals surface area contributed by atoms with Gasteiger partial charge in [0.2, 0.25) is 0 Å². The fourth-order valence-electron chi connectivity index (χ4n) is 1.11. The number of para-hydroxylation sites is 2. The minimum Gasteiger partial charge on any atom is -0.507 e. The number of carboxylic acids is 1. The molecule has 2 aromatic carbocycles. The molecule has 4 heteroatoms. The summed E-state index contributed by atoms with van der Waals surface area (Å²) in [6.07, 6.45) is 0. The quantitative estimate of drug-likeness (QED) is 0.658. The summed E-state index contributed by atoms with van der Waals surface area (Å²) in [6.45, 7) is 0. The monoisotopic (exact) mass is 231 g/mol. The number of phenols is 1. The Labute approximate surface area is 98.9 Å². The van der Waals surface area contributed by atoms with Gasteiger partial charge in [0.25, 0.3) is 0 Å². The maximum Gasteiger partial charge on any atom is 0.339 e. The number of hydrogen-bond donors (Lipinski definition) is 3. The molecule has 0 fully saturated rings. The summed E-state index contributed by atoms with van der Waals surface area (Å²) >= 11 is 0. The lowest BCUT2D eigenvalue weighted by Crippen LogP contribution is -1.95. The molecule has 0 bridgehead atoms. The van der Waals surface area contributed by atoms with Crippen molar-refractivity contribution in [2.24, 2.45) is 0 Å². The van der Waals surface area contributed by atoms with E-state index >= 15 is 0 Å². The van der Waals surface area contributed by atoms with Crippen LogP contribution in [0.2, 0.25) is 0 Å². The van der Waals surface area contributed by atoms with E-state index in [1.54, 1.807) is 12.1 Å². The van der Waals surface area contributed by atoms with E-state index in [9.17, 15) is 4.79 Å². The summed E-state index contributed by atoms with van der Waals surface area (Å²) < 4.78 is 0. The predicted molar refractivity (Wildman–Crippen MR) is 65.9 cm³/mol. The molecule has 4 N–H and O–H groups in total. The molecule has 0 aromatic heterocycles.